The average molecular weight is 305 g/mol. The fraction of sp³-hybridized carbons (Fsp3) is 0.562. The number of piperidine rings is 1. The maximum Gasteiger partial charge on any atom is 0.269 e. The summed E-state index contributed by atoms with van der Waals surface area (Å²) in [5.41, 5.74) is 6.87. The van der Waals surface area contributed by atoms with E-state index < -0.39 is 4.92 Å². The predicted octanol–water partition coefficient (Wildman–Crippen LogP) is 2.26. The molecule has 120 valence electrons. The number of carbonyl (C=O) groups excluding carboxylic acids is 1. The van der Waals surface area contributed by atoms with Gasteiger partial charge in [-0.05, 0) is 38.2 Å². The number of carbonyl (C=O) groups is 1. The van der Waals surface area contributed by atoms with Crippen molar-refractivity contribution < 1.29 is 9.72 Å². The molecule has 22 heavy (non-hydrogen) atoms. The van der Waals surface area contributed by atoms with Crippen LogP contribution in [0.1, 0.15) is 38.2 Å². The lowest BCUT2D eigenvalue weighted by Gasteiger charge is -2.38. The van der Waals surface area contributed by atoms with Crippen LogP contribution >= 0.6 is 0 Å². The van der Waals surface area contributed by atoms with Crippen LogP contribution in [0, 0.1) is 10.1 Å². The van der Waals surface area contributed by atoms with Crippen molar-refractivity contribution in [2.75, 3.05) is 6.54 Å². The number of nitrogens with zero attached hydrogens (tertiary/aromatic N) is 2. The standard InChI is InChI=1S/C16H23N3O3/c1-12(17)15-7-2-3-10-18(15)16(20)9-8-13-5-4-6-14(11-13)19(21)22/h4-6,11-12,15H,2-3,7-10,17H2,1H3. The zero-order valence-electron chi connectivity index (χ0n) is 12.9. The number of nitro groups is 1. The maximum atomic E-state index is 12.4. The predicted molar refractivity (Wildman–Crippen MR) is 84.4 cm³/mol. The summed E-state index contributed by atoms with van der Waals surface area (Å²) in [5, 5.41) is 10.8. The SMILES string of the molecule is CC(N)C1CCCCN1C(=O)CCc1cccc([N+](=O)[O-])c1. The molecule has 6 heteroatoms. The third kappa shape index (κ3) is 4.04. The Hall–Kier alpha value is -1.95. The zero-order valence-corrected chi connectivity index (χ0v) is 12.9. The number of benzene rings is 1. The average Bonchev–Trinajstić information content (AvgIpc) is 2.52. The summed E-state index contributed by atoms with van der Waals surface area (Å²) in [6.07, 6.45) is 3.97. The van der Waals surface area contributed by atoms with Crippen molar-refractivity contribution in [3.8, 4) is 0 Å². The van der Waals surface area contributed by atoms with E-state index in [2.05, 4.69) is 0 Å². The van der Waals surface area contributed by atoms with Crippen molar-refractivity contribution in [2.24, 2.45) is 5.73 Å². The molecule has 2 atom stereocenters. The van der Waals surface area contributed by atoms with Gasteiger partial charge in [0, 0.05) is 37.2 Å². The molecule has 2 unspecified atom stereocenters. The molecule has 0 spiro atoms. The normalized spacial score (nSPS) is 19.7. The summed E-state index contributed by atoms with van der Waals surface area (Å²) in [6.45, 7) is 2.71. The Morgan fingerprint density at radius 3 is 2.95 bits per heavy atom. The van der Waals surface area contributed by atoms with Gasteiger partial charge in [0.15, 0.2) is 0 Å². The second-order valence-electron chi connectivity index (χ2n) is 5.94. The van der Waals surface area contributed by atoms with Gasteiger partial charge >= 0.3 is 0 Å². The van der Waals surface area contributed by atoms with E-state index in [1.807, 2.05) is 17.9 Å². The Morgan fingerprint density at radius 2 is 2.27 bits per heavy atom. The van der Waals surface area contributed by atoms with Crippen molar-refractivity contribution in [1.82, 2.24) is 4.90 Å². The number of hydrogen-bond donors (Lipinski definition) is 1. The van der Waals surface area contributed by atoms with Gasteiger partial charge in [0.2, 0.25) is 5.91 Å². The Kier molecular flexibility index (Phi) is 5.49. The smallest absolute Gasteiger partial charge is 0.269 e. The highest BCUT2D eigenvalue weighted by Crippen LogP contribution is 2.21. The van der Waals surface area contributed by atoms with Crippen LogP contribution in [0.2, 0.25) is 0 Å². The Morgan fingerprint density at radius 1 is 1.50 bits per heavy atom. The van der Waals surface area contributed by atoms with Crippen LogP contribution in [0.25, 0.3) is 0 Å². The maximum absolute atomic E-state index is 12.4. The minimum Gasteiger partial charge on any atom is -0.338 e. The molecule has 1 heterocycles. The van der Waals surface area contributed by atoms with Crippen LogP contribution in [-0.4, -0.2) is 34.4 Å². The van der Waals surface area contributed by atoms with Crippen LogP contribution in [0.15, 0.2) is 24.3 Å². The summed E-state index contributed by atoms with van der Waals surface area (Å²) < 4.78 is 0. The van der Waals surface area contributed by atoms with Gasteiger partial charge in [-0.2, -0.15) is 0 Å². The summed E-state index contributed by atoms with van der Waals surface area (Å²) in [5.74, 6) is 0.0912. The Labute approximate surface area is 130 Å². The molecule has 1 aromatic rings. The number of rotatable bonds is 5. The quantitative estimate of drug-likeness (QED) is 0.667. The summed E-state index contributed by atoms with van der Waals surface area (Å²) in [4.78, 5) is 24.7. The zero-order chi connectivity index (χ0) is 16.1. The van der Waals surface area contributed by atoms with Crippen LogP contribution in [0.3, 0.4) is 0 Å². The molecule has 1 aliphatic rings. The molecular weight excluding hydrogens is 282 g/mol. The van der Waals surface area contributed by atoms with E-state index >= 15 is 0 Å². The number of nitrogens with two attached hydrogens (primary N) is 1. The topological polar surface area (TPSA) is 89.5 Å². The molecule has 2 N–H and O–H groups in total. The van der Waals surface area contributed by atoms with Gasteiger partial charge in [0.25, 0.3) is 5.69 Å². The molecule has 0 radical (unpaired) electrons. The first-order chi connectivity index (χ1) is 10.5. The first kappa shape index (κ1) is 16.4. The van der Waals surface area contributed by atoms with E-state index in [-0.39, 0.29) is 23.7 Å². The van der Waals surface area contributed by atoms with Crippen molar-refractivity contribution in [1.29, 1.82) is 0 Å². The fourth-order valence-electron chi connectivity index (χ4n) is 3.03. The second kappa shape index (κ2) is 7.35. The molecule has 1 saturated heterocycles. The second-order valence-corrected chi connectivity index (χ2v) is 5.94. The van der Waals surface area contributed by atoms with Gasteiger partial charge in [-0.15, -0.1) is 0 Å². The summed E-state index contributed by atoms with van der Waals surface area (Å²) >= 11 is 0. The van der Waals surface area contributed by atoms with E-state index in [1.165, 1.54) is 12.1 Å². The first-order valence-corrected chi connectivity index (χ1v) is 7.77. The van der Waals surface area contributed by atoms with Crippen molar-refractivity contribution in [2.45, 2.75) is 51.1 Å². The molecule has 0 aromatic heterocycles. The summed E-state index contributed by atoms with van der Waals surface area (Å²) in [7, 11) is 0. The van der Waals surface area contributed by atoms with Crippen LogP contribution in [-0.2, 0) is 11.2 Å². The number of non-ortho nitro benzene ring substituents is 1. The highest BCUT2D eigenvalue weighted by molar-refractivity contribution is 5.77. The van der Waals surface area contributed by atoms with Crippen molar-refractivity contribution >= 4 is 11.6 Å². The van der Waals surface area contributed by atoms with Gasteiger partial charge in [0.1, 0.15) is 0 Å². The van der Waals surface area contributed by atoms with Crippen LogP contribution in [0.4, 0.5) is 5.69 Å². The summed E-state index contributed by atoms with van der Waals surface area (Å²) in [6, 6.07) is 6.56. The lowest BCUT2D eigenvalue weighted by Crippen LogP contribution is -2.51. The van der Waals surface area contributed by atoms with Gasteiger partial charge in [-0.25, -0.2) is 0 Å². The molecular formula is C16H23N3O3. The van der Waals surface area contributed by atoms with Gasteiger partial charge in [0.05, 0.1) is 4.92 Å². The van der Waals surface area contributed by atoms with E-state index in [1.54, 1.807) is 6.07 Å². The molecule has 1 fully saturated rings. The minimum atomic E-state index is -0.415. The van der Waals surface area contributed by atoms with E-state index in [0.29, 0.717) is 12.8 Å². The third-order valence-electron chi connectivity index (χ3n) is 4.23. The van der Waals surface area contributed by atoms with E-state index in [0.717, 1.165) is 31.4 Å². The number of aryl methyl sites for hydroxylation is 1. The lowest BCUT2D eigenvalue weighted by atomic mass is 9.96. The monoisotopic (exact) mass is 305 g/mol. The molecule has 2 rings (SSSR count). The molecule has 0 aliphatic carbocycles. The lowest BCUT2D eigenvalue weighted by molar-refractivity contribution is -0.384. The Bertz CT molecular complexity index is 545. The van der Waals surface area contributed by atoms with Gasteiger partial charge in [-0.3, -0.25) is 14.9 Å². The number of nitro benzene ring substituents is 1. The molecule has 1 aromatic carbocycles. The molecule has 1 amide bonds. The van der Waals surface area contributed by atoms with Gasteiger partial charge < -0.3 is 10.6 Å². The highest BCUT2D eigenvalue weighted by atomic mass is 16.6. The number of likely N-dealkylation sites (tertiary alicyclic amines) is 1. The molecule has 1 aliphatic heterocycles. The number of hydrogen-bond acceptors (Lipinski definition) is 4. The van der Waals surface area contributed by atoms with E-state index in [4.69, 9.17) is 5.73 Å². The minimum absolute atomic E-state index is 0.0259. The van der Waals surface area contributed by atoms with Gasteiger partial charge in [-0.1, -0.05) is 12.1 Å². The van der Waals surface area contributed by atoms with E-state index in [9.17, 15) is 14.9 Å². The molecule has 0 saturated carbocycles. The molecule has 6 nitrogen and oxygen atoms in total. The fourth-order valence-corrected chi connectivity index (χ4v) is 3.03. The first-order valence-electron chi connectivity index (χ1n) is 7.77. The van der Waals surface area contributed by atoms with Crippen LogP contribution < -0.4 is 5.73 Å². The molecule has 0 bridgehead atoms. The number of amides is 1. The van der Waals surface area contributed by atoms with Crippen molar-refractivity contribution in [3.05, 3.63) is 39.9 Å². The Balaban J connectivity index is 1.97. The van der Waals surface area contributed by atoms with Crippen LogP contribution in [0.5, 0.6) is 0 Å². The van der Waals surface area contributed by atoms with Crippen molar-refractivity contribution in [3.63, 3.8) is 0 Å². The third-order valence-corrected chi connectivity index (χ3v) is 4.23. The largest absolute Gasteiger partial charge is 0.338 e. The highest BCUT2D eigenvalue weighted by Gasteiger charge is 2.28.